The molecule has 1 aromatic rings. The Labute approximate surface area is 98.0 Å². The Hall–Kier alpha value is -0.860. The highest BCUT2D eigenvalue weighted by atomic mass is 16.5. The van der Waals surface area contributed by atoms with Crippen molar-refractivity contribution < 1.29 is 4.74 Å². The number of likely N-dealkylation sites (N-methyl/N-ethyl adjacent to an activating group) is 1. The number of benzene rings is 1. The molecule has 16 heavy (non-hydrogen) atoms. The average Bonchev–Trinajstić information content (AvgIpc) is 2.76. The molecule has 0 spiro atoms. The Morgan fingerprint density at radius 3 is 3.00 bits per heavy atom. The van der Waals surface area contributed by atoms with Gasteiger partial charge in [0.15, 0.2) is 0 Å². The molecule has 2 heteroatoms. The molecule has 0 saturated heterocycles. The SMILES string of the molecule is CCNCCOCc1ccc2c(c1)CCC2. The highest BCUT2D eigenvalue weighted by molar-refractivity contribution is 5.34. The Kier molecular flexibility index (Phi) is 4.37. The summed E-state index contributed by atoms with van der Waals surface area (Å²) in [5, 5.41) is 3.25. The Morgan fingerprint density at radius 1 is 1.25 bits per heavy atom. The van der Waals surface area contributed by atoms with Gasteiger partial charge in [-0.15, -0.1) is 0 Å². The van der Waals surface area contributed by atoms with E-state index in [4.69, 9.17) is 4.74 Å². The minimum Gasteiger partial charge on any atom is -0.375 e. The lowest BCUT2D eigenvalue weighted by Crippen LogP contribution is -2.18. The fourth-order valence-electron chi connectivity index (χ4n) is 2.23. The second kappa shape index (κ2) is 6.02. The van der Waals surface area contributed by atoms with Gasteiger partial charge in [0.25, 0.3) is 0 Å². The molecule has 88 valence electrons. The first-order valence-corrected chi connectivity index (χ1v) is 6.29. The van der Waals surface area contributed by atoms with Crippen LogP contribution < -0.4 is 5.32 Å². The number of nitrogens with one attached hydrogen (secondary N) is 1. The summed E-state index contributed by atoms with van der Waals surface area (Å²) in [5.41, 5.74) is 4.39. The zero-order valence-electron chi connectivity index (χ0n) is 10.1. The number of rotatable bonds is 6. The highest BCUT2D eigenvalue weighted by Crippen LogP contribution is 2.22. The standard InChI is InChI=1S/C14H21NO/c1-2-15-8-9-16-11-12-6-7-13-4-3-5-14(13)10-12/h6-7,10,15H,2-5,8-9,11H2,1H3. The largest absolute Gasteiger partial charge is 0.375 e. The van der Waals surface area contributed by atoms with Gasteiger partial charge in [0.2, 0.25) is 0 Å². The van der Waals surface area contributed by atoms with Crippen LogP contribution in [0.25, 0.3) is 0 Å². The van der Waals surface area contributed by atoms with Crippen LogP contribution in [0.5, 0.6) is 0 Å². The van der Waals surface area contributed by atoms with E-state index in [0.29, 0.717) is 0 Å². The number of ether oxygens (including phenoxy) is 1. The quantitative estimate of drug-likeness (QED) is 0.741. The smallest absolute Gasteiger partial charge is 0.0717 e. The van der Waals surface area contributed by atoms with E-state index in [9.17, 15) is 0 Å². The van der Waals surface area contributed by atoms with Gasteiger partial charge in [-0.3, -0.25) is 0 Å². The topological polar surface area (TPSA) is 21.3 Å². The second-order valence-corrected chi connectivity index (χ2v) is 4.36. The fourth-order valence-corrected chi connectivity index (χ4v) is 2.23. The summed E-state index contributed by atoms with van der Waals surface area (Å²) in [5.74, 6) is 0. The molecule has 1 aromatic carbocycles. The maximum absolute atomic E-state index is 5.62. The second-order valence-electron chi connectivity index (χ2n) is 4.36. The molecule has 1 aliphatic carbocycles. The molecule has 0 unspecified atom stereocenters. The summed E-state index contributed by atoms with van der Waals surface area (Å²) >= 11 is 0. The molecule has 0 aliphatic heterocycles. The van der Waals surface area contributed by atoms with Crippen LogP contribution in [0.15, 0.2) is 18.2 Å². The van der Waals surface area contributed by atoms with Gasteiger partial charge in [0.1, 0.15) is 0 Å². The van der Waals surface area contributed by atoms with Crippen LogP contribution >= 0.6 is 0 Å². The van der Waals surface area contributed by atoms with Gasteiger partial charge in [0, 0.05) is 6.54 Å². The summed E-state index contributed by atoms with van der Waals surface area (Å²) in [6, 6.07) is 6.79. The molecule has 2 rings (SSSR count). The molecule has 0 heterocycles. The summed E-state index contributed by atoms with van der Waals surface area (Å²) in [4.78, 5) is 0. The molecular formula is C14H21NO. The van der Waals surface area contributed by atoms with Gasteiger partial charge in [-0.25, -0.2) is 0 Å². The lowest BCUT2D eigenvalue weighted by atomic mass is 10.1. The van der Waals surface area contributed by atoms with E-state index in [1.54, 1.807) is 0 Å². The van der Waals surface area contributed by atoms with E-state index in [1.165, 1.54) is 36.0 Å². The molecule has 1 aliphatic rings. The van der Waals surface area contributed by atoms with Crippen LogP contribution in [0, 0.1) is 0 Å². The monoisotopic (exact) mass is 219 g/mol. The van der Waals surface area contributed by atoms with Crippen molar-refractivity contribution in [2.75, 3.05) is 19.7 Å². The molecule has 1 N–H and O–H groups in total. The van der Waals surface area contributed by atoms with Crippen molar-refractivity contribution in [2.24, 2.45) is 0 Å². The van der Waals surface area contributed by atoms with E-state index in [1.807, 2.05) is 0 Å². The molecule has 0 radical (unpaired) electrons. The van der Waals surface area contributed by atoms with Crippen LogP contribution in [0.1, 0.15) is 30.0 Å². The van der Waals surface area contributed by atoms with Crippen molar-refractivity contribution >= 4 is 0 Å². The predicted molar refractivity (Wildman–Crippen MR) is 66.7 cm³/mol. The Bertz CT molecular complexity index is 336. The van der Waals surface area contributed by atoms with Gasteiger partial charge in [-0.05, 0) is 42.5 Å². The maximum Gasteiger partial charge on any atom is 0.0717 e. The lowest BCUT2D eigenvalue weighted by molar-refractivity contribution is 0.123. The normalized spacial score (nSPS) is 14.1. The third kappa shape index (κ3) is 3.06. The predicted octanol–water partition coefficient (Wildman–Crippen LogP) is 2.30. The number of aryl methyl sites for hydroxylation is 2. The number of hydrogen-bond acceptors (Lipinski definition) is 2. The fraction of sp³-hybridized carbons (Fsp3) is 0.571. The molecule has 0 fully saturated rings. The summed E-state index contributed by atoms with van der Waals surface area (Å²) < 4.78 is 5.62. The van der Waals surface area contributed by atoms with Crippen molar-refractivity contribution in [3.05, 3.63) is 34.9 Å². The molecule has 2 nitrogen and oxygen atoms in total. The Balaban J connectivity index is 1.77. The zero-order valence-corrected chi connectivity index (χ0v) is 10.1. The van der Waals surface area contributed by atoms with E-state index < -0.39 is 0 Å². The van der Waals surface area contributed by atoms with Gasteiger partial charge in [-0.1, -0.05) is 25.1 Å². The Morgan fingerprint density at radius 2 is 2.12 bits per heavy atom. The number of fused-ring (bicyclic) bond motifs is 1. The lowest BCUT2D eigenvalue weighted by Gasteiger charge is -2.06. The summed E-state index contributed by atoms with van der Waals surface area (Å²) in [6.07, 6.45) is 3.83. The van der Waals surface area contributed by atoms with E-state index in [2.05, 4.69) is 30.4 Å². The molecular weight excluding hydrogens is 198 g/mol. The molecule has 0 bridgehead atoms. The highest BCUT2D eigenvalue weighted by Gasteiger charge is 2.10. The van der Waals surface area contributed by atoms with E-state index >= 15 is 0 Å². The average molecular weight is 219 g/mol. The number of hydrogen-bond donors (Lipinski definition) is 1. The first kappa shape index (κ1) is 11.6. The van der Waals surface area contributed by atoms with Crippen LogP contribution in [0.2, 0.25) is 0 Å². The molecule has 0 aromatic heterocycles. The van der Waals surface area contributed by atoms with Gasteiger partial charge >= 0.3 is 0 Å². The van der Waals surface area contributed by atoms with Crippen molar-refractivity contribution in [2.45, 2.75) is 32.8 Å². The summed E-state index contributed by atoms with van der Waals surface area (Å²) in [6.45, 7) is 5.62. The van der Waals surface area contributed by atoms with Crippen molar-refractivity contribution in [1.82, 2.24) is 5.32 Å². The van der Waals surface area contributed by atoms with Crippen LogP contribution in [-0.2, 0) is 24.2 Å². The minimum atomic E-state index is 0.749. The summed E-state index contributed by atoms with van der Waals surface area (Å²) in [7, 11) is 0. The van der Waals surface area contributed by atoms with Gasteiger partial charge in [-0.2, -0.15) is 0 Å². The van der Waals surface area contributed by atoms with Gasteiger partial charge < -0.3 is 10.1 Å². The maximum atomic E-state index is 5.62. The zero-order chi connectivity index (χ0) is 11.2. The third-order valence-electron chi connectivity index (χ3n) is 3.10. The molecule has 0 saturated carbocycles. The van der Waals surface area contributed by atoms with E-state index in [0.717, 1.165) is 26.3 Å². The molecule has 0 atom stereocenters. The van der Waals surface area contributed by atoms with E-state index in [-0.39, 0.29) is 0 Å². The van der Waals surface area contributed by atoms with Crippen LogP contribution in [0.3, 0.4) is 0 Å². The first-order valence-electron chi connectivity index (χ1n) is 6.29. The van der Waals surface area contributed by atoms with Crippen molar-refractivity contribution in [1.29, 1.82) is 0 Å². The first-order chi connectivity index (χ1) is 7.90. The molecule has 0 amide bonds. The van der Waals surface area contributed by atoms with Crippen LogP contribution in [0.4, 0.5) is 0 Å². The van der Waals surface area contributed by atoms with Crippen LogP contribution in [-0.4, -0.2) is 19.7 Å². The van der Waals surface area contributed by atoms with Crippen molar-refractivity contribution in [3.63, 3.8) is 0 Å². The van der Waals surface area contributed by atoms with Crippen molar-refractivity contribution in [3.8, 4) is 0 Å². The minimum absolute atomic E-state index is 0.749. The third-order valence-corrected chi connectivity index (χ3v) is 3.10. The van der Waals surface area contributed by atoms with Gasteiger partial charge in [0.05, 0.1) is 13.2 Å².